The number of hydrogen-bond donors (Lipinski definition) is 2. The summed E-state index contributed by atoms with van der Waals surface area (Å²) in [5, 5.41) is 21.6. The number of phenols is 1. The van der Waals surface area contributed by atoms with Crippen molar-refractivity contribution in [3.8, 4) is 5.75 Å². The highest BCUT2D eigenvalue weighted by Gasteiger charge is 2.17. The number of nitrogens with zero attached hydrogens (tertiary/aromatic N) is 3. The van der Waals surface area contributed by atoms with Crippen molar-refractivity contribution in [3.63, 3.8) is 0 Å². The number of aromatic nitrogens is 2. The number of aryl methyl sites for hydroxylation is 1. The number of carbonyl (C=O) groups excluding carboxylic acids is 1. The summed E-state index contributed by atoms with van der Waals surface area (Å²) in [7, 11) is 0. The SMILES string of the molecule is CCCn1nc(C(=O)NN=C(C)c2ccc3ccccc3c2O)c2ccccc2c1=O. The third-order valence-electron chi connectivity index (χ3n) is 5.13. The van der Waals surface area contributed by atoms with E-state index >= 15 is 0 Å². The number of aromatic hydroxyl groups is 1. The summed E-state index contributed by atoms with van der Waals surface area (Å²) in [5.41, 5.74) is 3.38. The monoisotopic (exact) mass is 414 g/mol. The Labute approximate surface area is 178 Å². The maximum Gasteiger partial charge on any atom is 0.292 e. The van der Waals surface area contributed by atoms with Gasteiger partial charge >= 0.3 is 0 Å². The van der Waals surface area contributed by atoms with Crippen molar-refractivity contribution < 1.29 is 9.90 Å². The van der Waals surface area contributed by atoms with Gasteiger partial charge in [-0.15, -0.1) is 0 Å². The molecule has 4 rings (SSSR count). The number of amides is 1. The van der Waals surface area contributed by atoms with E-state index in [2.05, 4.69) is 15.6 Å². The van der Waals surface area contributed by atoms with Crippen LogP contribution in [-0.4, -0.2) is 26.5 Å². The topological polar surface area (TPSA) is 96.6 Å². The van der Waals surface area contributed by atoms with Crippen LogP contribution in [0.2, 0.25) is 0 Å². The molecule has 7 nitrogen and oxygen atoms in total. The minimum Gasteiger partial charge on any atom is -0.507 e. The number of rotatable bonds is 5. The lowest BCUT2D eigenvalue weighted by Gasteiger charge is -2.10. The molecule has 0 radical (unpaired) electrons. The highest BCUT2D eigenvalue weighted by atomic mass is 16.3. The van der Waals surface area contributed by atoms with Crippen molar-refractivity contribution in [2.75, 3.05) is 0 Å². The molecule has 0 saturated carbocycles. The summed E-state index contributed by atoms with van der Waals surface area (Å²) in [6.45, 7) is 4.05. The molecule has 0 bridgehead atoms. The summed E-state index contributed by atoms with van der Waals surface area (Å²) in [6, 6.07) is 18.0. The van der Waals surface area contributed by atoms with Gasteiger partial charge in [0.15, 0.2) is 5.69 Å². The Bertz CT molecular complexity index is 1390. The Morgan fingerprint density at radius 1 is 1.03 bits per heavy atom. The minimum atomic E-state index is -0.527. The van der Waals surface area contributed by atoms with Crippen LogP contribution in [0.5, 0.6) is 5.75 Å². The molecule has 1 amide bonds. The molecule has 4 aromatic rings. The van der Waals surface area contributed by atoms with Gasteiger partial charge in [-0.1, -0.05) is 55.5 Å². The second-order valence-corrected chi connectivity index (χ2v) is 7.24. The molecule has 0 fully saturated rings. The van der Waals surface area contributed by atoms with Gasteiger partial charge < -0.3 is 5.11 Å². The van der Waals surface area contributed by atoms with Crippen molar-refractivity contribution in [2.45, 2.75) is 26.8 Å². The van der Waals surface area contributed by atoms with E-state index in [1.807, 2.05) is 37.3 Å². The lowest BCUT2D eigenvalue weighted by Crippen LogP contribution is -2.29. The average Bonchev–Trinajstić information content (AvgIpc) is 2.79. The van der Waals surface area contributed by atoms with Crippen LogP contribution in [0.1, 0.15) is 36.3 Å². The van der Waals surface area contributed by atoms with Gasteiger partial charge in [-0.2, -0.15) is 10.2 Å². The van der Waals surface area contributed by atoms with Gasteiger partial charge in [0.1, 0.15) is 5.75 Å². The zero-order valence-electron chi connectivity index (χ0n) is 17.3. The Morgan fingerprint density at radius 3 is 2.45 bits per heavy atom. The van der Waals surface area contributed by atoms with Gasteiger partial charge in [0.2, 0.25) is 0 Å². The lowest BCUT2D eigenvalue weighted by atomic mass is 10.0. The van der Waals surface area contributed by atoms with Crippen molar-refractivity contribution in [3.05, 3.63) is 82.3 Å². The van der Waals surface area contributed by atoms with E-state index in [0.29, 0.717) is 40.4 Å². The highest BCUT2D eigenvalue weighted by molar-refractivity contribution is 6.08. The Morgan fingerprint density at radius 2 is 1.71 bits per heavy atom. The lowest BCUT2D eigenvalue weighted by molar-refractivity contribution is 0.0949. The zero-order chi connectivity index (χ0) is 22.0. The molecule has 0 spiro atoms. The van der Waals surface area contributed by atoms with E-state index in [0.717, 1.165) is 5.39 Å². The molecular formula is C24H22N4O3. The van der Waals surface area contributed by atoms with Gasteiger partial charge in [0, 0.05) is 22.9 Å². The maximum atomic E-state index is 12.9. The molecule has 1 aromatic heterocycles. The molecule has 2 N–H and O–H groups in total. The molecule has 0 aliphatic heterocycles. The quantitative estimate of drug-likeness (QED) is 0.383. The van der Waals surface area contributed by atoms with Crippen LogP contribution in [0, 0.1) is 0 Å². The number of fused-ring (bicyclic) bond motifs is 2. The number of phenolic OH excluding ortho intramolecular Hbond substituents is 1. The molecule has 0 saturated heterocycles. The fourth-order valence-corrected chi connectivity index (χ4v) is 3.56. The second-order valence-electron chi connectivity index (χ2n) is 7.24. The van der Waals surface area contributed by atoms with Crippen LogP contribution in [0.4, 0.5) is 0 Å². The number of benzene rings is 3. The van der Waals surface area contributed by atoms with Crippen molar-refractivity contribution >= 4 is 33.2 Å². The second kappa shape index (κ2) is 8.39. The van der Waals surface area contributed by atoms with E-state index in [1.54, 1.807) is 37.3 Å². The first-order valence-corrected chi connectivity index (χ1v) is 10.1. The Kier molecular flexibility index (Phi) is 5.49. The predicted molar refractivity (Wildman–Crippen MR) is 122 cm³/mol. The molecule has 0 aliphatic rings. The molecule has 0 aliphatic carbocycles. The minimum absolute atomic E-state index is 0.105. The maximum absolute atomic E-state index is 12.9. The van der Waals surface area contributed by atoms with Crippen molar-refractivity contribution in [2.24, 2.45) is 5.10 Å². The molecule has 0 atom stereocenters. The van der Waals surface area contributed by atoms with Crippen LogP contribution in [0.25, 0.3) is 21.5 Å². The van der Waals surface area contributed by atoms with E-state index < -0.39 is 5.91 Å². The van der Waals surface area contributed by atoms with Gasteiger partial charge in [-0.3, -0.25) is 9.59 Å². The molecule has 7 heteroatoms. The fourth-order valence-electron chi connectivity index (χ4n) is 3.56. The third-order valence-corrected chi connectivity index (χ3v) is 5.13. The smallest absolute Gasteiger partial charge is 0.292 e. The van der Waals surface area contributed by atoms with Crippen molar-refractivity contribution in [1.82, 2.24) is 15.2 Å². The number of hydrazone groups is 1. The van der Waals surface area contributed by atoms with E-state index in [-0.39, 0.29) is 17.0 Å². The summed E-state index contributed by atoms with van der Waals surface area (Å²) < 4.78 is 1.31. The number of carbonyl (C=O) groups is 1. The first-order valence-electron chi connectivity index (χ1n) is 10.1. The molecule has 156 valence electrons. The molecule has 1 heterocycles. The molecule has 0 unspecified atom stereocenters. The summed E-state index contributed by atoms with van der Waals surface area (Å²) in [5.74, 6) is -0.422. The van der Waals surface area contributed by atoms with Gasteiger partial charge in [0.25, 0.3) is 11.5 Å². The van der Waals surface area contributed by atoms with Gasteiger partial charge in [0.05, 0.1) is 11.1 Å². The summed E-state index contributed by atoms with van der Waals surface area (Å²) >= 11 is 0. The zero-order valence-corrected chi connectivity index (χ0v) is 17.3. The van der Waals surface area contributed by atoms with Crippen LogP contribution in [0.3, 0.4) is 0 Å². The Balaban J connectivity index is 1.70. The molecule has 3 aromatic carbocycles. The number of nitrogens with one attached hydrogen (secondary N) is 1. The van der Waals surface area contributed by atoms with Crippen molar-refractivity contribution in [1.29, 1.82) is 0 Å². The highest BCUT2D eigenvalue weighted by Crippen LogP contribution is 2.28. The standard InChI is InChI=1S/C24H22N4O3/c1-3-14-28-24(31)20-11-7-6-10-19(20)21(27-28)23(30)26-25-15(2)17-13-12-16-8-4-5-9-18(16)22(17)29/h4-13,29H,3,14H2,1-2H3,(H,26,30). The number of hydrogen-bond acceptors (Lipinski definition) is 5. The molecular weight excluding hydrogens is 392 g/mol. The van der Waals surface area contributed by atoms with Crippen LogP contribution >= 0.6 is 0 Å². The summed E-state index contributed by atoms with van der Waals surface area (Å²) in [6.07, 6.45) is 0.713. The normalized spacial score (nSPS) is 11.7. The molecule has 31 heavy (non-hydrogen) atoms. The third kappa shape index (κ3) is 3.77. The average molecular weight is 414 g/mol. The van der Waals surface area contributed by atoms with Crippen LogP contribution in [-0.2, 0) is 6.54 Å². The first kappa shape index (κ1) is 20.3. The summed E-state index contributed by atoms with van der Waals surface area (Å²) in [4.78, 5) is 25.5. The Hall–Kier alpha value is -4.00. The van der Waals surface area contributed by atoms with E-state index in [1.165, 1.54) is 4.68 Å². The van der Waals surface area contributed by atoms with Gasteiger partial charge in [-0.25, -0.2) is 10.1 Å². The fraction of sp³-hybridized carbons (Fsp3) is 0.167. The first-order chi connectivity index (χ1) is 15.0. The van der Waals surface area contributed by atoms with E-state index in [4.69, 9.17) is 0 Å². The van der Waals surface area contributed by atoms with Gasteiger partial charge in [-0.05, 0) is 30.9 Å². The van der Waals surface area contributed by atoms with Crippen LogP contribution in [0.15, 0.2) is 70.6 Å². The van der Waals surface area contributed by atoms with E-state index in [9.17, 15) is 14.7 Å². The van der Waals surface area contributed by atoms with Crippen LogP contribution < -0.4 is 11.0 Å². The predicted octanol–water partition coefficient (Wildman–Crippen LogP) is 3.82. The largest absolute Gasteiger partial charge is 0.507 e.